The molecule has 0 bridgehead atoms. The molecule has 0 spiro atoms. The Morgan fingerprint density at radius 3 is 2.75 bits per heavy atom. The van der Waals surface area contributed by atoms with E-state index in [1.807, 2.05) is 11.8 Å². The molecule has 0 saturated carbocycles. The van der Waals surface area contributed by atoms with E-state index < -0.39 is 10.0 Å². The van der Waals surface area contributed by atoms with Gasteiger partial charge in [0.05, 0.1) is 11.9 Å². The fourth-order valence-electron chi connectivity index (χ4n) is 1.95. The Hall–Kier alpha value is -0.860. The first kappa shape index (κ1) is 17.2. The predicted octanol–water partition coefficient (Wildman–Crippen LogP) is -0.652. The standard InChI is InChI=1S/C12H26N4O3S/c1-3-13-12(16-9-6-11(17)10-16)14-7-5-8-15-20(18,19)4-2/h11,15,17H,3-10H2,1-2H3,(H,13,14)/t11-/m1/s1. The van der Waals surface area contributed by atoms with E-state index in [9.17, 15) is 13.5 Å². The van der Waals surface area contributed by atoms with Crippen LogP contribution in [-0.4, -0.2) is 69.0 Å². The molecule has 0 unspecified atom stereocenters. The largest absolute Gasteiger partial charge is 0.391 e. The van der Waals surface area contributed by atoms with Crippen molar-refractivity contribution >= 4 is 16.0 Å². The maximum absolute atomic E-state index is 11.2. The Morgan fingerprint density at radius 2 is 2.20 bits per heavy atom. The third-order valence-corrected chi connectivity index (χ3v) is 4.50. The molecule has 118 valence electrons. The number of aliphatic hydroxyl groups is 1. The molecule has 1 heterocycles. The summed E-state index contributed by atoms with van der Waals surface area (Å²) in [6, 6.07) is 0. The summed E-state index contributed by atoms with van der Waals surface area (Å²) >= 11 is 0. The first-order valence-electron chi connectivity index (χ1n) is 7.17. The van der Waals surface area contributed by atoms with Crippen molar-refractivity contribution in [3.05, 3.63) is 0 Å². The van der Waals surface area contributed by atoms with Crippen LogP contribution in [0.5, 0.6) is 0 Å². The average Bonchev–Trinajstić information content (AvgIpc) is 2.83. The van der Waals surface area contributed by atoms with Gasteiger partial charge < -0.3 is 15.3 Å². The highest BCUT2D eigenvalue weighted by Crippen LogP contribution is 2.08. The number of sulfonamides is 1. The van der Waals surface area contributed by atoms with E-state index >= 15 is 0 Å². The number of aliphatic imine (C=N–C) groups is 1. The van der Waals surface area contributed by atoms with E-state index in [0.29, 0.717) is 26.1 Å². The number of hydrogen-bond acceptors (Lipinski definition) is 4. The van der Waals surface area contributed by atoms with E-state index in [-0.39, 0.29) is 11.9 Å². The Labute approximate surface area is 121 Å². The van der Waals surface area contributed by atoms with Gasteiger partial charge in [-0.3, -0.25) is 4.99 Å². The van der Waals surface area contributed by atoms with Crippen molar-refractivity contribution in [1.29, 1.82) is 0 Å². The molecule has 7 nitrogen and oxygen atoms in total. The van der Waals surface area contributed by atoms with E-state index in [2.05, 4.69) is 15.0 Å². The molecule has 3 N–H and O–H groups in total. The summed E-state index contributed by atoms with van der Waals surface area (Å²) < 4.78 is 25.0. The molecule has 0 aliphatic carbocycles. The van der Waals surface area contributed by atoms with Crippen molar-refractivity contribution in [3.63, 3.8) is 0 Å². The highest BCUT2D eigenvalue weighted by atomic mass is 32.2. The number of β-amino-alcohol motifs (C(OH)–C–C–N with tert-alkyl or cyclic N) is 1. The fraction of sp³-hybridized carbons (Fsp3) is 0.917. The molecule has 1 aliphatic rings. The van der Waals surface area contributed by atoms with Crippen molar-refractivity contribution in [1.82, 2.24) is 14.9 Å². The second-order valence-corrected chi connectivity index (χ2v) is 6.87. The summed E-state index contributed by atoms with van der Waals surface area (Å²) in [6.07, 6.45) is 1.14. The molecule has 1 rings (SSSR count). The molecule has 1 atom stereocenters. The van der Waals surface area contributed by atoms with Gasteiger partial charge in [0.25, 0.3) is 0 Å². The summed E-state index contributed by atoms with van der Waals surface area (Å²) in [4.78, 5) is 6.49. The van der Waals surface area contributed by atoms with Crippen LogP contribution >= 0.6 is 0 Å². The lowest BCUT2D eigenvalue weighted by atomic mass is 10.3. The van der Waals surface area contributed by atoms with Crippen LogP contribution in [0.25, 0.3) is 0 Å². The second-order valence-electron chi connectivity index (χ2n) is 4.78. The quantitative estimate of drug-likeness (QED) is 0.330. The molecule has 20 heavy (non-hydrogen) atoms. The van der Waals surface area contributed by atoms with Crippen LogP contribution in [-0.2, 0) is 10.0 Å². The lowest BCUT2D eigenvalue weighted by Crippen LogP contribution is -2.40. The number of hydrogen-bond donors (Lipinski definition) is 3. The van der Waals surface area contributed by atoms with E-state index in [4.69, 9.17) is 0 Å². The number of rotatable bonds is 7. The summed E-state index contributed by atoms with van der Waals surface area (Å²) in [5.41, 5.74) is 0. The number of likely N-dealkylation sites (tertiary alicyclic amines) is 1. The molecule has 1 aliphatic heterocycles. The van der Waals surface area contributed by atoms with E-state index in [1.54, 1.807) is 6.92 Å². The number of aliphatic hydroxyl groups excluding tert-OH is 1. The molecular formula is C12H26N4O3S. The minimum absolute atomic E-state index is 0.102. The smallest absolute Gasteiger partial charge is 0.211 e. The van der Waals surface area contributed by atoms with Crippen LogP contribution in [0, 0.1) is 0 Å². The van der Waals surface area contributed by atoms with Crippen LogP contribution in [0.2, 0.25) is 0 Å². The number of guanidine groups is 1. The summed E-state index contributed by atoms with van der Waals surface area (Å²) in [5.74, 6) is 0.896. The van der Waals surface area contributed by atoms with Gasteiger partial charge in [0.15, 0.2) is 5.96 Å². The Morgan fingerprint density at radius 1 is 1.45 bits per heavy atom. The van der Waals surface area contributed by atoms with Gasteiger partial charge in [0.2, 0.25) is 10.0 Å². The minimum Gasteiger partial charge on any atom is -0.391 e. The van der Waals surface area contributed by atoms with E-state index in [0.717, 1.165) is 25.5 Å². The number of nitrogens with zero attached hydrogens (tertiary/aromatic N) is 2. The van der Waals surface area contributed by atoms with Gasteiger partial charge in [0.1, 0.15) is 0 Å². The predicted molar refractivity (Wildman–Crippen MR) is 80.3 cm³/mol. The van der Waals surface area contributed by atoms with Crippen molar-refractivity contribution in [2.75, 3.05) is 38.5 Å². The summed E-state index contributed by atoms with van der Waals surface area (Å²) in [5, 5.41) is 12.7. The topological polar surface area (TPSA) is 94.0 Å². The third kappa shape index (κ3) is 6.06. The Balaban J connectivity index is 2.36. The first-order chi connectivity index (χ1) is 9.48. The van der Waals surface area contributed by atoms with Gasteiger partial charge in [-0.05, 0) is 26.7 Å². The molecule has 1 fully saturated rings. The zero-order valence-electron chi connectivity index (χ0n) is 12.3. The van der Waals surface area contributed by atoms with Crippen LogP contribution in [0.15, 0.2) is 4.99 Å². The molecule has 0 radical (unpaired) electrons. The van der Waals surface area contributed by atoms with Gasteiger partial charge >= 0.3 is 0 Å². The average molecular weight is 306 g/mol. The SMILES string of the molecule is CCNC(=NCCCNS(=O)(=O)CC)N1CC[C@@H](O)C1. The molecule has 1 saturated heterocycles. The van der Waals surface area contributed by atoms with E-state index in [1.165, 1.54) is 0 Å². The molecule has 0 aromatic rings. The second kappa shape index (κ2) is 8.43. The van der Waals surface area contributed by atoms with Crippen molar-refractivity contribution in [2.24, 2.45) is 4.99 Å². The van der Waals surface area contributed by atoms with Crippen molar-refractivity contribution < 1.29 is 13.5 Å². The van der Waals surface area contributed by atoms with Crippen LogP contribution < -0.4 is 10.0 Å². The lowest BCUT2D eigenvalue weighted by Gasteiger charge is -2.20. The molecule has 0 aromatic heterocycles. The third-order valence-electron chi connectivity index (χ3n) is 3.10. The zero-order valence-corrected chi connectivity index (χ0v) is 13.1. The summed E-state index contributed by atoms with van der Waals surface area (Å²) in [6.45, 7) is 6.75. The maximum Gasteiger partial charge on any atom is 0.211 e. The molecule has 8 heteroatoms. The highest BCUT2D eigenvalue weighted by Gasteiger charge is 2.22. The highest BCUT2D eigenvalue weighted by molar-refractivity contribution is 7.89. The van der Waals surface area contributed by atoms with Gasteiger partial charge in [0, 0.05) is 32.7 Å². The number of nitrogens with one attached hydrogen (secondary N) is 2. The van der Waals surface area contributed by atoms with Gasteiger partial charge in [-0.25, -0.2) is 13.1 Å². The van der Waals surface area contributed by atoms with Crippen LogP contribution in [0.3, 0.4) is 0 Å². The zero-order chi connectivity index (χ0) is 15.0. The summed E-state index contributed by atoms with van der Waals surface area (Å²) in [7, 11) is -3.11. The van der Waals surface area contributed by atoms with Crippen molar-refractivity contribution in [2.45, 2.75) is 32.8 Å². The first-order valence-corrected chi connectivity index (χ1v) is 8.82. The Kier molecular flexibility index (Phi) is 7.25. The van der Waals surface area contributed by atoms with Crippen LogP contribution in [0.1, 0.15) is 26.7 Å². The Bertz CT molecular complexity index is 411. The molecular weight excluding hydrogens is 280 g/mol. The normalized spacial score (nSPS) is 20.4. The van der Waals surface area contributed by atoms with Gasteiger partial charge in [-0.1, -0.05) is 0 Å². The fourth-order valence-corrected chi connectivity index (χ4v) is 2.61. The maximum atomic E-state index is 11.2. The van der Waals surface area contributed by atoms with Crippen LogP contribution in [0.4, 0.5) is 0 Å². The monoisotopic (exact) mass is 306 g/mol. The lowest BCUT2D eigenvalue weighted by molar-refractivity contribution is 0.188. The molecule has 0 amide bonds. The van der Waals surface area contributed by atoms with Gasteiger partial charge in [-0.2, -0.15) is 0 Å². The van der Waals surface area contributed by atoms with Gasteiger partial charge in [-0.15, -0.1) is 0 Å². The van der Waals surface area contributed by atoms with Crippen molar-refractivity contribution in [3.8, 4) is 0 Å². The minimum atomic E-state index is -3.11. The molecule has 0 aromatic carbocycles.